The van der Waals surface area contributed by atoms with Gasteiger partial charge >= 0.3 is 5.69 Å². The third-order valence-electron chi connectivity index (χ3n) is 2.80. The summed E-state index contributed by atoms with van der Waals surface area (Å²) in [5.41, 5.74) is 5.19. The number of amides is 1. The van der Waals surface area contributed by atoms with E-state index < -0.39 is 10.8 Å². The first kappa shape index (κ1) is 14.0. The molecule has 0 saturated heterocycles. The topological polar surface area (TPSA) is 98.3 Å². The lowest BCUT2D eigenvalue weighted by Gasteiger charge is -2.10. The molecule has 98 valence electrons. The van der Waals surface area contributed by atoms with Crippen LogP contribution in [-0.2, 0) is 0 Å². The van der Waals surface area contributed by atoms with E-state index in [1.165, 1.54) is 18.2 Å². The first-order valence-electron chi connectivity index (χ1n) is 5.78. The molecule has 0 aliphatic heterocycles. The van der Waals surface area contributed by atoms with Gasteiger partial charge in [-0.1, -0.05) is 26.3 Å². The van der Waals surface area contributed by atoms with Crippen LogP contribution >= 0.6 is 0 Å². The minimum atomic E-state index is -0.631. The molecule has 1 atom stereocenters. The van der Waals surface area contributed by atoms with Gasteiger partial charge in [-0.05, 0) is 18.1 Å². The number of rotatable bonds is 5. The zero-order valence-corrected chi connectivity index (χ0v) is 10.5. The largest absolute Gasteiger partial charge is 0.393 e. The second kappa shape index (κ2) is 6.00. The molecule has 0 heterocycles. The maximum atomic E-state index is 11.9. The van der Waals surface area contributed by atoms with Crippen molar-refractivity contribution in [1.82, 2.24) is 5.32 Å². The summed E-state index contributed by atoms with van der Waals surface area (Å²) >= 11 is 0. The Bertz CT molecular complexity index is 460. The third kappa shape index (κ3) is 3.19. The van der Waals surface area contributed by atoms with Crippen LogP contribution in [0.2, 0.25) is 0 Å². The maximum absolute atomic E-state index is 11.9. The lowest BCUT2D eigenvalue weighted by molar-refractivity contribution is -0.384. The van der Waals surface area contributed by atoms with Crippen LogP contribution in [0.3, 0.4) is 0 Å². The molecule has 1 aromatic carbocycles. The van der Waals surface area contributed by atoms with E-state index in [1.54, 1.807) is 0 Å². The molecular formula is C12H17N3O3. The minimum Gasteiger partial charge on any atom is -0.393 e. The summed E-state index contributed by atoms with van der Waals surface area (Å²) in [6, 6.07) is 4.34. The molecule has 3 N–H and O–H groups in total. The number of carbonyl (C=O) groups excluding carboxylic acids is 1. The predicted molar refractivity (Wildman–Crippen MR) is 69.3 cm³/mol. The highest BCUT2D eigenvalue weighted by molar-refractivity contribution is 6.00. The Morgan fingerprint density at radius 2 is 2.22 bits per heavy atom. The molecule has 0 aliphatic rings. The van der Waals surface area contributed by atoms with Crippen molar-refractivity contribution in [3.63, 3.8) is 0 Å². The number of nitro groups is 1. The monoisotopic (exact) mass is 251 g/mol. The molecule has 0 aliphatic carbocycles. The number of anilines is 1. The van der Waals surface area contributed by atoms with Crippen LogP contribution in [0.25, 0.3) is 0 Å². The molecule has 18 heavy (non-hydrogen) atoms. The second-order valence-corrected chi connectivity index (χ2v) is 4.22. The van der Waals surface area contributed by atoms with Crippen molar-refractivity contribution in [2.24, 2.45) is 5.92 Å². The van der Waals surface area contributed by atoms with E-state index >= 15 is 0 Å². The Hall–Kier alpha value is -2.11. The summed E-state index contributed by atoms with van der Waals surface area (Å²) in [6.07, 6.45) is 0.930. The molecule has 1 rings (SSSR count). The second-order valence-electron chi connectivity index (χ2n) is 4.22. The van der Waals surface area contributed by atoms with Gasteiger partial charge in [0, 0.05) is 6.54 Å². The molecule has 0 fully saturated rings. The van der Waals surface area contributed by atoms with Crippen molar-refractivity contribution < 1.29 is 9.72 Å². The number of nitrogens with zero attached hydrogens (tertiary/aromatic N) is 1. The summed E-state index contributed by atoms with van der Waals surface area (Å²) in [7, 11) is 0. The van der Waals surface area contributed by atoms with Crippen LogP contribution in [0, 0.1) is 16.0 Å². The SMILES string of the molecule is CCC(C)CNC(=O)c1cccc(N)c1[N+](=O)[O-]. The van der Waals surface area contributed by atoms with E-state index in [1.807, 2.05) is 13.8 Å². The van der Waals surface area contributed by atoms with Gasteiger partial charge in [0.25, 0.3) is 5.91 Å². The van der Waals surface area contributed by atoms with Crippen molar-refractivity contribution in [3.8, 4) is 0 Å². The molecule has 0 aromatic heterocycles. The normalized spacial score (nSPS) is 11.9. The number of para-hydroxylation sites is 1. The van der Waals surface area contributed by atoms with Gasteiger partial charge in [-0.2, -0.15) is 0 Å². The van der Waals surface area contributed by atoms with Gasteiger partial charge in [0.05, 0.1) is 4.92 Å². The van der Waals surface area contributed by atoms with Gasteiger partial charge in [0.1, 0.15) is 11.3 Å². The molecule has 1 aromatic rings. The number of nitrogen functional groups attached to an aromatic ring is 1. The van der Waals surface area contributed by atoms with Gasteiger partial charge < -0.3 is 11.1 Å². The number of hydrogen-bond donors (Lipinski definition) is 2. The van der Waals surface area contributed by atoms with E-state index in [0.29, 0.717) is 12.5 Å². The Morgan fingerprint density at radius 1 is 1.56 bits per heavy atom. The highest BCUT2D eigenvalue weighted by Gasteiger charge is 2.22. The first-order chi connectivity index (χ1) is 8.47. The van der Waals surface area contributed by atoms with E-state index in [2.05, 4.69) is 5.32 Å². The number of nitrogens with two attached hydrogens (primary N) is 1. The Labute approximate surface area is 105 Å². The molecular weight excluding hydrogens is 234 g/mol. The smallest absolute Gasteiger partial charge is 0.304 e. The Morgan fingerprint density at radius 3 is 2.78 bits per heavy atom. The number of nitrogens with one attached hydrogen (secondary N) is 1. The van der Waals surface area contributed by atoms with E-state index in [9.17, 15) is 14.9 Å². The molecule has 0 radical (unpaired) electrons. The fraction of sp³-hybridized carbons (Fsp3) is 0.417. The summed E-state index contributed by atoms with van der Waals surface area (Å²) < 4.78 is 0. The zero-order valence-electron chi connectivity index (χ0n) is 10.5. The van der Waals surface area contributed by atoms with Crippen molar-refractivity contribution >= 4 is 17.3 Å². The zero-order chi connectivity index (χ0) is 13.7. The Kier molecular flexibility index (Phi) is 4.65. The molecule has 6 nitrogen and oxygen atoms in total. The van der Waals surface area contributed by atoms with Gasteiger partial charge in [-0.15, -0.1) is 0 Å². The Balaban J connectivity index is 2.92. The summed E-state index contributed by atoms with van der Waals surface area (Å²) in [4.78, 5) is 22.1. The standard InChI is InChI=1S/C12H17N3O3/c1-3-8(2)7-14-12(16)9-5-4-6-10(13)11(9)15(17)18/h4-6,8H,3,7,13H2,1-2H3,(H,14,16). The molecule has 1 amide bonds. The highest BCUT2D eigenvalue weighted by Crippen LogP contribution is 2.25. The fourth-order valence-electron chi connectivity index (χ4n) is 1.45. The van der Waals surface area contributed by atoms with Crippen molar-refractivity contribution in [2.45, 2.75) is 20.3 Å². The lowest BCUT2D eigenvalue weighted by Crippen LogP contribution is -2.28. The summed E-state index contributed by atoms with van der Waals surface area (Å²) in [5, 5.41) is 13.6. The van der Waals surface area contributed by atoms with Crippen LogP contribution in [-0.4, -0.2) is 17.4 Å². The highest BCUT2D eigenvalue weighted by atomic mass is 16.6. The van der Waals surface area contributed by atoms with Crippen molar-refractivity contribution in [3.05, 3.63) is 33.9 Å². The number of benzene rings is 1. The quantitative estimate of drug-likeness (QED) is 0.474. The fourth-order valence-corrected chi connectivity index (χ4v) is 1.45. The van der Waals surface area contributed by atoms with Crippen LogP contribution in [0.1, 0.15) is 30.6 Å². The number of nitro benzene ring substituents is 1. The van der Waals surface area contributed by atoms with E-state index in [0.717, 1.165) is 6.42 Å². The molecule has 0 saturated carbocycles. The number of hydrogen-bond acceptors (Lipinski definition) is 4. The van der Waals surface area contributed by atoms with Crippen LogP contribution in [0.5, 0.6) is 0 Å². The predicted octanol–water partition coefficient (Wildman–Crippen LogP) is 1.95. The maximum Gasteiger partial charge on any atom is 0.304 e. The first-order valence-corrected chi connectivity index (χ1v) is 5.78. The lowest BCUT2D eigenvalue weighted by atomic mass is 10.1. The molecule has 0 bridgehead atoms. The van der Waals surface area contributed by atoms with Crippen LogP contribution in [0.15, 0.2) is 18.2 Å². The van der Waals surface area contributed by atoms with Gasteiger partial charge in [0.2, 0.25) is 0 Å². The van der Waals surface area contributed by atoms with Gasteiger partial charge in [-0.3, -0.25) is 14.9 Å². The average Bonchev–Trinajstić information content (AvgIpc) is 2.34. The van der Waals surface area contributed by atoms with E-state index in [-0.39, 0.29) is 16.9 Å². The summed E-state index contributed by atoms with van der Waals surface area (Å²) in [6.45, 7) is 4.50. The van der Waals surface area contributed by atoms with Crippen molar-refractivity contribution in [2.75, 3.05) is 12.3 Å². The molecule has 1 unspecified atom stereocenters. The minimum absolute atomic E-state index is 0.00306. The molecule has 0 spiro atoms. The molecule has 6 heteroatoms. The number of carbonyl (C=O) groups is 1. The van der Waals surface area contributed by atoms with Gasteiger partial charge in [0.15, 0.2) is 0 Å². The van der Waals surface area contributed by atoms with Crippen molar-refractivity contribution in [1.29, 1.82) is 0 Å². The van der Waals surface area contributed by atoms with Crippen LogP contribution < -0.4 is 11.1 Å². The van der Waals surface area contributed by atoms with E-state index in [4.69, 9.17) is 5.73 Å². The van der Waals surface area contributed by atoms with Gasteiger partial charge in [-0.25, -0.2) is 0 Å². The third-order valence-corrected chi connectivity index (χ3v) is 2.80. The van der Waals surface area contributed by atoms with Crippen LogP contribution in [0.4, 0.5) is 11.4 Å². The average molecular weight is 251 g/mol. The summed E-state index contributed by atoms with van der Waals surface area (Å²) in [5.74, 6) is -0.136.